The van der Waals surface area contributed by atoms with Gasteiger partial charge in [0.05, 0.1) is 0 Å². The minimum atomic E-state index is 0.489. The molecule has 0 saturated carbocycles. The Morgan fingerprint density at radius 2 is 1.68 bits per heavy atom. The molecule has 0 heterocycles. The molecular weight excluding hydrogens is 258 g/mol. The summed E-state index contributed by atoms with van der Waals surface area (Å²) < 4.78 is 5.88. The molecule has 0 unspecified atom stereocenters. The summed E-state index contributed by atoms with van der Waals surface area (Å²) in [6.07, 6.45) is 0. The van der Waals surface area contributed by atoms with E-state index in [0.29, 0.717) is 6.61 Å². The summed E-state index contributed by atoms with van der Waals surface area (Å²) >= 11 is 6.12. The van der Waals surface area contributed by atoms with Crippen LogP contribution in [0, 0.1) is 0 Å². The van der Waals surface area contributed by atoms with E-state index < -0.39 is 0 Å². The van der Waals surface area contributed by atoms with E-state index in [2.05, 4.69) is 18.3 Å². The Labute approximate surface area is 119 Å². The van der Waals surface area contributed by atoms with Crippen molar-refractivity contribution < 1.29 is 4.74 Å². The van der Waals surface area contributed by atoms with Crippen LogP contribution in [0.25, 0.3) is 0 Å². The van der Waals surface area contributed by atoms with Crippen LogP contribution in [0.2, 0.25) is 5.02 Å². The van der Waals surface area contributed by atoms with Gasteiger partial charge in [-0.1, -0.05) is 54.9 Å². The summed E-state index contributed by atoms with van der Waals surface area (Å²) in [5.74, 6) is 0.906. The van der Waals surface area contributed by atoms with Crippen molar-refractivity contribution in [3.05, 3.63) is 64.7 Å². The van der Waals surface area contributed by atoms with Gasteiger partial charge in [0.2, 0.25) is 0 Å². The highest BCUT2D eigenvalue weighted by atomic mass is 35.5. The van der Waals surface area contributed by atoms with Crippen LogP contribution in [0.4, 0.5) is 0 Å². The van der Waals surface area contributed by atoms with Gasteiger partial charge in [-0.25, -0.2) is 0 Å². The van der Waals surface area contributed by atoms with E-state index in [0.717, 1.165) is 35.0 Å². The van der Waals surface area contributed by atoms with Crippen LogP contribution in [-0.2, 0) is 13.2 Å². The summed E-state index contributed by atoms with van der Waals surface area (Å²) in [4.78, 5) is 0. The van der Waals surface area contributed by atoms with Crippen molar-refractivity contribution in [2.45, 2.75) is 20.1 Å². The van der Waals surface area contributed by atoms with Crippen LogP contribution < -0.4 is 10.1 Å². The lowest BCUT2D eigenvalue weighted by atomic mass is 10.2. The molecule has 0 amide bonds. The zero-order valence-electron chi connectivity index (χ0n) is 11.0. The second-order valence-corrected chi connectivity index (χ2v) is 4.68. The van der Waals surface area contributed by atoms with E-state index in [1.807, 2.05) is 42.5 Å². The van der Waals surface area contributed by atoms with Crippen molar-refractivity contribution in [1.29, 1.82) is 0 Å². The van der Waals surface area contributed by atoms with Gasteiger partial charge in [0, 0.05) is 22.7 Å². The van der Waals surface area contributed by atoms with E-state index in [1.54, 1.807) is 0 Å². The minimum absolute atomic E-state index is 0.489. The highest BCUT2D eigenvalue weighted by Crippen LogP contribution is 2.21. The largest absolute Gasteiger partial charge is 0.489 e. The van der Waals surface area contributed by atoms with Gasteiger partial charge in [0.25, 0.3) is 0 Å². The number of hydrogen-bond acceptors (Lipinski definition) is 2. The molecule has 0 bridgehead atoms. The fourth-order valence-electron chi connectivity index (χ4n) is 1.82. The van der Waals surface area contributed by atoms with E-state index in [-0.39, 0.29) is 0 Å². The van der Waals surface area contributed by atoms with Crippen molar-refractivity contribution in [2.75, 3.05) is 6.54 Å². The van der Waals surface area contributed by atoms with Crippen molar-refractivity contribution in [1.82, 2.24) is 5.32 Å². The molecule has 3 heteroatoms. The number of rotatable bonds is 6. The molecule has 2 aromatic rings. The Balaban J connectivity index is 2.05. The molecule has 0 fully saturated rings. The molecule has 0 aliphatic carbocycles. The van der Waals surface area contributed by atoms with Crippen molar-refractivity contribution >= 4 is 11.6 Å². The molecule has 0 spiro atoms. The van der Waals surface area contributed by atoms with Crippen molar-refractivity contribution in [3.63, 3.8) is 0 Å². The summed E-state index contributed by atoms with van der Waals surface area (Å²) in [6, 6.07) is 15.8. The average molecular weight is 276 g/mol. The van der Waals surface area contributed by atoms with Gasteiger partial charge in [-0.05, 0) is 18.7 Å². The number of para-hydroxylation sites is 1. The Bertz CT molecular complexity index is 528. The molecule has 0 aliphatic heterocycles. The highest BCUT2D eigenvalue weighted by molar-refractivity contribution is 6.31. The average Bonchev–Trinajstić information content (AvgIpc) is 2.45. The van der Waals surface area contributed by atoms with Gasteiger partial charge in [0.15, 0.2) is 0 Å². The number of nitrogens with one attached hydrogen (secondary N) is 1. The van der Waals surface area contributed by atoms with Crippen LogP contribution in [0.1, 0.15) is 18.1 Å². The summed E-state index contributed by atoms with van der Waals surface area (Å²) in [7, 11) is 0. The van der Waals surface area contributed by atoms with Gasteiger partial charge < -0.3 is 10.1 Å². The van der Waals surface area contributed by atoms with Crippen LogP contribution in [0.15, 0.2) is 48.5 Å². The molecule has 2 aromatic carbocycles. The van der Waals surface area contributed by atoms with Crippen LogP contribution >= 0.6 is 11.6 Å². The Hall–Kier alpha value is -1.51. The van der Waals surface area contributed by atoms with Crippen LogP contribution in [0.5, 0.6) is 5.75 Å². The molecule has 0 atom stereocenters. The smallest absolute Gasteiger partial charge is 0.124 e. The van der Waals surface area contributed by atoms with E-state index in [4.69, 9.17) is 16.3 Å². The maximum absolute atomic E-state index is 6.12. The van der Waals surface area contributed by atoms with Crippen molar-refractivity contribution in [3.8, 4) is 5.75 Å². The molecule has 0 aliphatic rings. The predicted molar refractivity (Wildman–Crippen MR) is 79.6 cm³/mol. The van der Waals surface area contributed by atoms with Crippen molar-refractivity contribution in [2.24, 2.45) is 0 Å². The number of hydrogen-bond donors (Lipinski definition) is 1. The maximum Gasteiger partial charge on any atom is 0.124 e. The first-order chi connectivity index (χ1) is 9.31. The van der Waals surface area contributed by atoms with Crippen LogP contribution in [-0.4, -0.2) is 6.54 Å². The van der Waals surface area contributed by atoms with E-state index in [1.165, 1.54) is 0 Å². The lowest BCUT2D eigenvalue weighted by Crippen LogP contribution is -2.12. The van der Waals surface area contributed by atoms with Gasteiger partial charge >= 0.3 is 0 Å². The fourth-order valence-corrected chi connectivity index (χ4v) is 2.01. The number of halogens is 1. The molecule has 100 valence electrons. The standard InChI is InChI=1S/C16H18ClNO/c1-2-18-11-13-7-4-6-10-16(13)19-12-14-8-3-5-9-15(14)17/h3-10,18H,2,11-12H2,1H3. The lowest BCUT2D eigenvalue weighted by Gasteiger charge is -2.12. The number of ether oxygens (including phenoxy) is 1. The second kappa shape index (κ2) is 7.17. The molecule has 0 radical (unpaired) electrons. The van der Waals surface area contributed by atoms with Gasteiger partial charge in [-0.3, -0.25) is 0 Å². The molecule has 1 N–H and O–H groups in total. The van der Waals surface area contributed by atoms with E-state index >= 15 is 0 Å². The molecule has 2 rings (SSSR count). The third kappa shape index (κ3) is 3.98. The summed E-state index contributed by atoms with van der Waals surface area (Å²) in [5, 5.41) is 4.05. The normalized spacial score (nSPS) is 10.4. The SMILES string of the molecule is CCNCc1ccccc1OCc1ccccc1Cl. The monoisotopic (exact) mass is 275 g/mol. The highest BCUT2D eigenvalue weighted by Gasteiger charge is 2.04. The Morgan fingerprint density at radius 3 is 2.42 bits per heavy atom. The summed E-state index contributed by atoms with van der Waals surface area (Å²) in [6.45, 7) is 4.34. The third-order valence-corrected chi connectivity index (χ3v) is 3.25. The predicted octanol–water partition coefficient (Wildman–Crippen LogP) is 4.03. The first-order valence-corrected chi connectivity index (χ1v) is 6.84. The zero-order chi connectivity index (χ0) is 13.5. The minimum Gasteiger partial charge on any atom is -0.489 e. The fraction of sp³-hybridized carbons (Fsp3) is 0.250. The maximum atomic E-state index is 6.12. The summed E-state index contributed by atoms with van der Waals surface area (Å²) in [5.41, 5.74) is 2.17. The topological polar surface area (TPSA) is 21.3 Å². The molecular formula is C16H18ClNO. The molecule has 2 nitrogen and oxygen atoms in total. The van der Waals surface area contributed by atoms with Gasteiger partial charge in [-0.2, -0.15) is 0 Å². The quantitative estimate of drug-likeness (QED) is 0.859. The van der Waals surface area contributed by atoms with E-state index in [9.17, 15) is 0 Å². The molecule has 0 saturated heterocycles. The van der Waals surface area contributed by atoms with Gasteiger partial charge in [0.1, 0.15) is 12.4 Å². The Kier molecular flexibility index (Phi) is 5.25. The molecule has 19 heavy (non-hydrogen) atoms. The molecule has 0 aromatic heterocycles. The third-order valence-electron chi connectivity index (χ3n) is 2.88. The zero-order valence-corrected chi connectivity index (χ0v) is 11.8. The lowest BCUT2D eigenvalue weighted by molar-refractivity contribution is 0.302. The van der Waals surface area contributed by atoms with Gasteiger partial charge in [-0.15, -0.1) is 0 Å². The number of benzene rings is 2. The first-order valence-electron chi connectivity index (χ1n) is 6.46. The second-order valence-electron chi connectivity index (χ2n) is 4.27. The van der Waals surface area contributed by atoms with Crippen LogP contribution in [0.3, 0.4) is 0 Å². The Morgan fingerprint density at radius 1 is 1.00 bits per heavy atom. The first kappa shape index (κ1) is 13.9.